The predicted molar refractivity (Wildman–Crippen MR) is 121 cm³/mol. The molecular formula is C20H24ClFN6O4S. The van der Waals surface area contributed by atoms with Crippen molar-refractivity contribution in [2.24, 2.45) is 0 Å². The van der Waals surface area contributed by atoms with Gasteiger partial charge in [-0.3, -0.25) is 9.48 Å². The first-order valence-corrected chi connectivity index (χ1v) is 12.5. The summed E-state index contributed by atoms with van der Waals surface area (Å²) >= 11 is 5.80. The molecule has 1 saturated heterocycles. The molecule has 1 unspecified atom stereocenters. The maximum atomic E-state index is 13.4. The molecule has 0 spiro atoms. The summed E-state index contributed by atoms with van der Waals surface area (Å²) in [5, 5.41) is 7.00. The van der Waals surface area contributed by atoms with Crippen LogP contribution >= 0.6 is 11.6 Å². The van der Waals surface area contributed by atoms with Crippen molar-refractivity contribution in [1.29, 1.82) is 0 Å². The number of urea groups is 1. The Morgan fingerprint density at radius 2 is 2.06 bits per heavy atom. The van der Waals surface area contributed by atoms with E-state index in [1.54, 1.807) is 15.8 Å². The van der Waals surface area contributed by atoms with E-state index in [9.17, 15) is 22.4 Å². The van der Waals surface area contributed by atoms with Gasteiger partial charge in [-0.15, -0.1) is 0 Å². The number of aromatic nitrogens is 2. The summed E-state index contributed by atoms with van der Waals surface area (Å²) in [6.45, 7) is 2.69. The maximum absolute atomic E-state index is 13.4. The average Bonchev–Trinajstić information content (AvgIpc) is 3.31. The molecule has 2 atom stereocenters. The van der Waals surface area contributed by atoms with E-state index in [4.69, 9.17) is 11.6 Å². The normalized spacial score (nSPS) is 21.0. The van der Waals surface area contributed by atoms with E-state index in [1.165, 1.54) is 34.5 Å². The average molecular weight is 499 g/mol. The molecule has 3 amide bonds. The summed E-state index contributed by atoms with van der Waals surface area (Å²) in [5.74, 6) is -0.786. The minimum atomic E-state index is -3.44. The van der Waals surface area contributed by atoms with Crippen molar-refractivity contribution in [1.82, 2.24) is 19.0 Å². The third-order valence-electron chi connectivity index (χ3n) is 6.08. The zero-order valence-corrected chi connectivity index (χ0v) is 19.9. The highest BCUT2D eigenvalue weighted by Crippen LogP contribution is 2.32. The molecule has 1 fully saturated rings. The van der Waals surface area contributed by atoms with Gasteiger partial charge in [0.2, 0.25) is 15.9 Å². The lowest BCUT2D eigenvalue weighted by Gasteiger charge is -2.35. The molecule has 0 aliphatic carbocycles. The number of fused-ring (bicyclic) bond motifs is 1. The molecule has 0 radical (unpaired) electrons. The van der Waals surface area contributed by atoms with Crippen LogP contribution in [0.2, 0.25) is 5.02 Å². The van der Waals surface area contributed by atoms with E-state index in [-0.39, 0.29) is 36.5 Å². The summed E-state index contributed by atoms with van der Waals surface area (Å²) in [7, 11) is -1.98. The largest absolute Gasteiger partial charge is 0.322 e. The number of rotatable bonds is 4. The second-order valence-corrected chi connectivity index (χ2v) is 10.8. The van der Waals surface area contributed by atoms with Gasteiger partial charge in [0.25, 0.3) is 0 Å². The summed E-state index contributed by atoms with van der Waals surface area (Å²) in [6, 6.07) is 2.86. The lowest BCUT2D eigenvalue weighted by atomic mass is 10.2. The number of carbonyl (C=O) groups excluding carboxylic acids is 2. The Morgan fingerprint density at radius 3 is 2.73 bits per heavy atom. The minimum absolute atomic E-state index is 0.0696. The fourth-order valence-corrected chi connectivity index (χ4v) is 4.95. The number of sulfonamides is 1. The molecule has 0 bridgehead atoms. The van der Waals surface area contributed by atoms with Crippen LogP contribution in [0.25, 0.3) is 0 Å². The van der Waals surface area contributed by atoms with Crippen molar-refractivity contribution in [3.63, 3.8) is 0 Å². The van der Waals surface area contributed by atoms with Gasteiger partial charge < -0.3 is 15.1 Å². The van der Waals surface area contributed by atoms with Crippen LogP contribution in [-0.4, -0.2) is 71.3 Å². The summed E-state index contributed by atoms with van der Waals surface area (Å²) < 4.78 is 40.2. The standard InChI is InChI=1S/C20H24ClFN6O4S/c1-12-9-28-18(11-26(12)20(30)24-13-4-5-16(22)15(21)6-13)17(8-23-28)27-10-14(7-19(27)29)25(2)33(3,31)32/h4-6,8,12,14H,7,9-11H2,1-3H3,(H,24,30)/t12-,14?/m0/s1. The number of likely N-dealkylation sites (N-methyl/N-ethyl adjacent to an activating group) is 1. The summed E-state index contributed by atoms with van der Waals surface area (Å²) in [4.78, 5) is 28.8. The number of hydrogen-bond acceptors (Lipinski definition) is 5. The molecule has 4 rings (SSSR count). The van der Waals surface area contributed by atoms with E-state index >= 15 is 0 Å². The number of amides is 3. The highest BCUT2D eigenvalue weighted by atomic mass is 35.5. The Kier molecular flexibility index (Phi) is 6.10. The van der Waals surface area contributed by atoms with Crippen molar-refractivity contribution < 1.29 is 22.4 Å². The molecule has 13 heteroatoms. The highest BCUT2D eigenvalue weighted by Gasteiger charge is 2.39. The van der Waals surface area contributed by atoms with Crippen molar-refractivity contribution in [3.05, 3.63) is 40.9 Å². The Hall–Kier alpha value is -2.70. The fourth-order valence-electron chi connectivity index (χ4n) is 4.09. The molecule has 2 aliphatic rings. The van der Waals surface area contributed by atoms with E-state index in [2.05, 4.69) is 10.4 Å². The van der Waals surface area contributed by atoms with Crippen LogP contribution < -0.4 is 10.2 Å². The number of benzene rings is 1. The number of carbonyl (C=O) groups is 2. The number of hydrogen-bond donors (Lipinski definition) is 1. The van der Waals surface area contributed by atoms with Gasteiger partial charge in [-0.2, -0.15) is 9.40 Å². The Bertz CT molecular complexity index is 1220. The third-order valence-corrected chi connectivity index (χ3v) is 7.71. The second-order valence-electron chi connectivity index (χ2n) is 8.34. The minimum Gasteiger partial charge on any atom is -0.314 e. The highest BCUT2D eigenvalue weighted by molar-refractivity contribution is 7.88. The monoisotopic (exact) mass is 498 g/mol. The van der Waals surface area contributed by atoms with Gasteiger partial charge in [-0.1, -0.05) is 11.6 Å². The van der Waals surface area contributed by atoms with Crippen molar-refractivity contribution in [3.8, 4) is 0 Å². The van der Waals surface area contributed by atoms with Crippen LogP contribution in [0.3, 0.4) is 0 Å². The van der Waals surface area contributed by atoms with Gasteiger partial charge in [-0.05, 0) is 25.1 Å². The SMILES string of the molecule is C[C@H]1Cn2ncc(N3CC(N(C)S(C)(=O)=O)CC3=O)c2CN1C(=O)Nc1ccc(F)c(Cl)c1. The molecule has 10 nitrogen and oxygen atoms in total. The fraction of sp³-hybridized carbons (Fsp3) is 0.450. The molecule has 1 aromatic carbocycles. The molecule has 0 saturated carbocycles. The van der Waals surface area contributed by atoms with Gasteiger partial charge in [-0.25, -0.2) is 17.6 Å². The maximum Gasteiger partial charge on any atom is 0.322 e. The van der Waals surface area contributed by atoms with Gasteiger partial charge in [0.15, 0.2) is 0 Å². The third kappa shape index (κ3) is 4.55. The Morgan fingerprint density at radius 1 is 1.33 bits per heavy atom. The van der Waals surface area contributed by atoms with Crippen LogP contribution in [0.15, 0.2) is 24.4 Å². The van der Waals surface area contributed by atoms with Crippen molar-refractivity contribution >= 4 is 44.9 Å². The van der Waals surface area contributed by atoms with Gasteiger partial charge >= 0.3 is 6.03 Å². The zero-order chi connectivity index (χ0) is 24.1. The van der Waals surface area contributed by atoms with Crippen LogP contribution in [0, 0.1) is 5.82 Å². The number of nitrogens with zero attached hydrogens (tertiary/aromatic N) is 5. The van der Waals surface area contributed by atoms with Crippen LogP contribution in [-0.2, 0) is 27.9 Å². The molecule has 2 aliphatic heterocycles. The molecule has 1 N–H and O–H groups in total. The molecule has 1 aromatic heterocycles. The molecule has 178 valence electrons. The smallest absolute Gasteiger partial charge is 0.314 e. The van der Waals surface area contributed by atoms with E-state index < -0.39 is 27.9 Å². The first kappa shape index (κ1) is 23.5. The van der Waals surface area contributed by atoms with E-state index in [1.807, 2.05) is 6.92 Å². The second kappa shape index (κ2) is 8.58. The van der Waals surface area contributed by atoms with E-state index in [0.717, 1.165) is 6.26 Å². The van der Waals surface area contributed by atoms with Crippen molar-refractivity contribution in [2.45, 2.75) is 38.5 Å². The quantitative estimate of drug-likeness (QED) is 0.694. The zero-order valence-electron chi connectivity index (χ0n) is 18.3. The molecule has 33 heavy (non-hydrogen) atoms. The molecule has 3 heterocycles. The Labute approximate surface area is 195 Å². The van der Waals surface area contributed by atoms with Crippen LogP contribution in [0.5, 0.6) is 0 Å². The number of anilines is 2. The topological polar surface area (TPSA) is 108 Å². The first-order chi connectivity index (χ1) is 15.5. The molecular weight excluding hydrogens is 475 g/mol. The van der Waals surface area contributed by atoms with Gasteiger partial charge in [0.05, 0.1) is 54.0 Å². The summed E-state index contributed by atoms with van der Waals surface area (Å²) in [5.41, 5.74) is 1.59. The molecule has 2 aromatic rings. The van der Waals surface area contributed by atoms with Gasteiger partial charge in [0.1, 0.15) is 5.82 Å². The summed E-state index contributed by atoms with van der Waals surface area (Å²) in [6.07, 6.45) is 2.75. The van der Waals surface area contributed by atoms with Crippen LogP contribution in [0.4, 0.5) is 20.6 Å². The first-order valence-electron chi connectivity index (χ1n) is 10.3. The lowest BCUT2D eigenvalue weighted by Crippen LogP contribution is -2.47. The van der Waals surface area contributed by atoms with Crippen molar-refractivity contribution in [2.75, 3.05) is 30.1 Å². The van der Waals surface area contributed by atoms with E-state index in [0.29, 0.717) is 23.6 Å². The number of halogens is 2. The lowest BCUT2D eigenvalue weighted by molar-refractivity contribution is -0.117. The predicted octanol–water partition coefficient (Wildman–Crippen LogP) is 2.11. The van der Waals surface area contributed by atoms with Crippen LogP contribution in [0.1, 0.15) is 19.0 Å². The van der Waals surface area contributed by atoms with Gasteiger partial charge in [0, 0.05) is 25.7 Å². The number of nitrogens with one attached hydrogen (secondary N) is 1. The Balaban J connectivity index is 1.54.